The molecule has 5 heteroatoms. The van der Waals surface area contributed by atoms with Crippen molar-refractivity contribution in [1.82, 2.24) is 5.32 Å². The van der Waals surface area contributed by atoms with Crippen LogP contribution in [0.2, 0.25) is 0 Å². The normalized spacial score (nSPS) is 12.4. The van der Waals surface area contributed by atoms with Gasteiger partial charge >= 0.3 is 5.97 Å². The van der Waals surface area contributed by atoms with Crippen LogP contribution >= 0.6 is 0 Å². The molecule has 1 atom stereocenters. The van der Waals surface area contributed by atoms with Gasteiger partial charge in [-0.3, -0.25) is 9.59 Å². The summed E-state index contributed by atoms with van der Waals surface area (Å²) in [4.78, 5) is 22.6. The highest BCUT2D eigenvalue weighted by Crippen LogP contribution is 2.20. The number of nitrogens with one attached hydrogen (secondary N) is 1. The lowest BCUT2D eigenvalue weighted by Crippen LogP contribution is -2.30. The Kier molecular flexibility index (Phi) is 4.75. The molecule has 0 spiro atoms. The monoisotopic (exact) mass is 239 g/mol. The van der Waals surface area contributed by atoms with Crippen molar-refractivity contribution in [1.29, 1.82) is 0 Å². The minimum absolute atomic E-state index is 0.102. The SMILES string of the molecule is CC(C)CNC(=O)CC(C(=O)O)c1ccco1. The molecule has 0 aromatic carbocycles. The lowest BCUT2D eigenvalue weighted by molar-refractivity contribution is -0.141. The molecule has 1 aromatic rings. The second kappa shape index (κ2) is 6.08. The van der Waals surface area contributed by atoms with E-state index in [0.717, 1.165) is 0 Å². The van der Waals surface area contributed by atoms with Crippen molar-refractivity contribution in [3.05, 3.63) is 24.2 Å². The highest BCUT2D eigenvalue weighted by Gasteiger charge is 2.25. The smallest absolute Gasteiger partial charge is 0.314 e. The van der Waals surface area contributed by atoms with Crippen molar-refractivity contribution in [2.24, 2.45) is 5.92 Å². The van der Waals surface area contributed by atoms with Gasteiger partial charge in [0, 0.05) is 13.0 Å². The molecule has 0 aliphatic rings. The molecule has 0 radical (unpaired) electrons. The van der Waals surface area contributed by atoms with Gasteiger partial charge in [-0.05, 0) is 18.1 Å². The Hall–Kier alpha value is -1.78. The highest BCUT2D eigenvalue weighted by atomic mass is 16.4. The van der Waals surface area contributed by atoms with Crippen LogP contribution in [0, 0.1) is 5.92 Å². The molecule has 2 N–H and O–H groups in total. The summed E-state index contributed by atoms with van der Waals surface area (Å²) in [7, 11) is 0. The molecule has 0 aliphatic heterocycles. The second-order valence-electron chi connectivity index (χ2n) is 4.31. The molecular weight excluding hydrogens is 222 g/mol. The quantitative estimate of drug-likeness (QED) is 0.790. The number of carbonyl (C=O) groups excluding carboxylic acids is 1. The fourth-order valence-corrected chi connectivity index (χ4v) is 1.37. The molecule has 17 heavy (non-hydrogen) atoms. The fraction of sp³-hybridized carbons (Fsp3) is 0.500. The van der Waals surface area contributed by atoms with E-state index in [1.807, 2.05) is 13.8 Å². The number of amides is 1. The van der Waals surface area contributed by atoms with E-state index in [9.17, 15) is 9.59 Å². The first-order chi connectivity index (χ1) is 8.00. The maximum Gasteiger partial charge on any atom is 0.314 e. The van der Waals surface area contributed by atoms with Gasteiger partial charge in [0.1, 0.15) is 11.7 Å². The van der Waals surface area contributed by atoms with E-state index in [4.69, 9.17) is 9.52 Å². The highest BCUT2D eigenvalue weighted by molar-refractivity contribution is 5.85. The van der Waals surface area contributed by atoms with Gasteiger partial charge in [0.15, 0.2) is 0 Å². The third-order valence-corrected chi connectivity index (χ3v) is 2.28. The molecule has 1 aromatic heterocycles. The van der Waals surface area contributed by atoms with Crippen molar-refractivity contribution < 1.29 is 19.1 Å². The van der Waals surface area contributed by atoms with Crippen molar-refractivity contribution in [2.45, 2.75) is 26.2 Å². The Morgan fingerprint density at radius 1 is 1.47 bits per heavy atom. The molecule has 0 fully saturated rings. The molecule has 1 amide bonds. The lowest BCUT2D eigenvalue weighted by Gasteiger charge is -2.11. The summed E-state index contributed by atoms with van der Waals surface area (Å²) in [5.41, 5.74) is 0. The molecule has 0 bridgehead atoms. The number of hydrogen-bond donors (Lipinski definition) is 2. The van der Waals surface area contributed by atoms with E-state index in [1.165, 1.54) is 6.26 Å². The summed E-state index contributed by atoms with van der Waals surface area (Å²) in [5.74, 6) is -1.61. The van der Waals surface area contributed by atoms with Gasteiger partial charge in [0.2, 0.25) is 5.91 Å². The van der Waals surface area contributed by atoms with Crippen molar-refractivity contribution in [2.75, 3.05) is 6.54 Å². The summed E-state index contributed by atoms with van der Waals surface area (Å²) in [6.07, 6.45) is 1.30. The number of carboxylic acids is 1. The van der Waals surface area contributed by atoms with Gasteiger partial charge in [0.25, 0.3) is 0 Å². The van der Waals surface area contributed by atoms with Crippen LogP contribution in [0.3, 0.4) is 0 Å². The Labute approximate surface area is 99.8 Å². The van der Waals surface area contributed by atoms with E-state index in [2.05, 4.69) is 5.32 Å². The van der Waals surface area contributed by atoms with Gasteiger partial charge in [0.05, 0.1) is 6.26 Å². The second-order valence-corrected chi connectivity index (χ2v) is 4.31. The van der Waals surface area contributed by atoms with Crippen LogP contribution in [0.5, 0.6) is 0 Å². The van der Waals surface area contributed by atoms with Gasteiger partial charge in [-0.25, -0.2) is 0 Å². The van der Waals surface area contributed by atoms with Crippen molar-refractivity contribution >= 4 is 11.9 Å². The van der Waals surface area contributed by atoms with Crippen LogP contribution in [0.1, 0.15) is 31.9 Å². The minimum atomic E-state index is -1.06. The molecule has 0 aliphatic carbocycles. The van der Waals surface area contributed by atoms with Crippen LogP contribution in [-0.4, -0.2) is 23.5 Å². The van der Waals surface area contributed by atoms with Crippen LogP contribution in [0.15, 0.2) is 22.8 Å². The summed E-state index contributed by atoms with van der Waals surface area (Å²) in [6.45, 7) is 4.49. The van der Waals surface area contributed by atoms with Crippen LogP contribution in [0.4, 0.5) is 0 Å². The standard InChI is InChI=1S/C12H17NO4/c1-8(2)7-13-11(14)6-9(12(15)16)10-4-3-5-17-10/h3-5,8-9H,6-7H2,1-2H3,(H,13,14)(H,15,16). The van der Waals surface area contributed by atoms with Gasteiger partial charge in [-0.15, -0.1) is 0 Å². The van der Waals surface area contributed by atoms with Crippen LogP contribution in [0.25, 0.3) is 0 Å². The lowest BCUT2D eigenvalue weighted by atomic mass is 10.0. The van der Waals surface area contributed by atoms with E-state index in [-0.39, 0.29) is 12.3 Å². The van der Waals surface area contributed by atoms with E-state index in [1.54, 1.807) is 12.1 Å². The van der Waals surface area contributed by atoms with Gasteiger partial charge in [-0.2, -0.15) is 0 Å². The van der Waals surface area contributed by atoms with Crippen LogP contribution in [-0.2, 0) is 9.59 Å². The maximum absolute atomic E-state index is 11.5. The molecule has 0 saturated heterocycles. The number of carbonyl (C=O) groups is 2. The number of furan rings is 1. The molecule has 1 rings (SSSR count). The topological polar surface area (TPSA) is 79.5 Å². The Morgan fingerprint density at radius 3 is 2.65 bits per heavy atom. The Morgan fingerprint density at radius 2 is 2.18 bits per heavy atom. The summed E-state index contributed by atoms with van der Waals surface area (Å²) >= 11 is 0. The third kappa shape index (κ3) is 4.30. The number of carboxylic acid groups (broad SMARTS) is 1. The zero-order chi connectivity index (χ0) is 12.8. The number of aliphatic carboxylic acids is 1. The van der Waals surface area contributed by atoms with E-state index >= 15 is 0 Å². The largest absolute Gasteiger partial charge is 0.481 e. The minimum Gasteiger partial charge on any atom is -0.481 e. The molecule has 1 unspecified atom stereocenters. The van der Waals surface area contributed by atoms with E-state index < -0.39 is 11.9 Å². The Bertz CT molecular complexity index is 370. The predicted molar refractivity (Wildman–Crippen MR) is 61.5 cm³/mol. The maximum atomic E-state index is 11.5. The Balaban J connectivity index is 2.56. The molecule has 5 nitrogen and oxygen atoms in total. The van der Waals surface area contributed by atoms with Crippen LogP contribution < -0.4 is 5.32 Å². The molecule has 94 valence electrons. The third-order valence-electron chi connectivity index (χ3n) is 2.28. The van der Waals surface area contributed by atoms with Crippen molar-refractivity contribution in [3.8, 4) is 0 Å². The zero-order valence-electron chi connectivity index (χ0n) is 9.97. The fourth-order valence-electron chi connectivity index (χ4n) is 1.37. The number of hydrogen-bond acceptors (Lipinski definition) is 3. The van der Waals surface area contributed by atoms with Gasteiger partial charge in [-0.1, -0.05) is 13.8 Å². The zero-order valence-corrected chi connectivity index (χ0v) is 9.97. The summed E-state index contributed by atoms with van der Waals surface area (Å²) in [5, 5.41) is 11.7. The number of rotatable bonds is 6. The summed E-state index contributed by atoms with van der Waals surface area (Å²) < 4.78 is 5.02. The average Bonchev–Trinajstić information content (AvgIpc) is 2.75. The average molecular weight is 239 g/mol. The van der Waals surface area contributed by atoms with E-state index in [0.29, 0.717) is 18.2 Å². The first kappa shape index (κ1) is 13.3. The molecule has 0 saturated carbocycles. The van der Waals surface area contributed by atoms with Crippen molar-refractivity contribution in [3.63, 3.8) is 0 Å². The predicted octanol–water partition coefficient (Wildman–Crippen LogP) is 1.61. The van der Waals surface area contributed by atoms with Gasteiger partial charge < -0.3 is 14.8 Å². The molecular formula is C12H17NO4. The molecule has 1 heterocycles. The first-order valence-electron chi connectivity index (χ1n) is 5.53. The summed E-state index contributed by atoms with van der Waals surface area (Å²) in [6, 6.07) is 3.17. The first-order valence-corrected chi connectivity index (χ1v) is 5.53.